The lowest BCUT2D eigenvalue weighted by atomic mass is 10.2. The number of fused-ring (bicyclic) bond motifs is 2. The maximum absolute atomic E-state index is 13.8. The maximum Gasteiger partial charge on any atom is 0.264 e. The number of thiazole rings is 1. The summed E-state index contributed by atoms with van der Waals surface area (Å²) < 4.78 is 35.0. The highest BCUT2D eigenvalue weighted by Gasteiger charge is 2.32. The molecule has 1 fully saturated rings. The number of anilines is 2. The molecule has 0 bridgehead atoms. The molecule has 10 heteroatoms. The molecule has 7 nitrogen and oxygen atoms in total. The standard InChI is InChI=1S/C28H26ClN3O4S2/c1-18-15-21(29)16-25-26(18)30-28(37-25)31(17-22-6-4-14-36-22)27(33)20-8-10-23(11-9-20)38(34,35)32-13-12-19-5-2-3-7-24(19)32/h2-3,5,7-11,15-16,22H,4,6,12-14,17H2,1H3. The van der Waals surface area contributed by atoms with Crippen LogP contribution >= 0.6 is 22.9 Å². The number of nitrogens with zero attached hydrogens (tertiary/aromatic N) is 3. The maximum atomic E-state index is 13.8. The molecular formula is C28H26ClN3O4S2. The number of aromatic nitrogens is 1. The molecule has 0 radical (unpaired) electrons. The van der Waals surface area contributed by atoms with E-state index in [0.717, 1.165) is 34.2 Å². The van der Waals surface area contributed by atoms with Gasteiger partial charge in [0.25, 0.3) is 15.9 Å². The lowest BCUT2D eigenvalue weighted by Gasteiger charge is -2.23. The second kappa shape index (κ2) is 9.96. The summed E-state index contributed by atoms with van der Waals surface area (Å²) in [5, 5.41) is 1.19. The zero-order valence-electron chi connectivity index (χ0n) is 20.8. The highest BCUT2D eigenvalue weighted by atomic mass is 35.5. The SMILES string of the molecule is Cc1cc(Cl)cc2sc(N(CC3CCCO3)C(=O)c3ccc(S(=O)(=O)N4CCc5ccccc54)cc3)nc12. The Morgan fingerprint density at radius 1 is 1.18 bits per heavy atom. The Balaban J connectivity index is 1.31. The van der Waals surface area contributed by atoms with Gasteiger partial charge in [-0.05, 0) is 79.8 Å². The molecule has 1 unspecified atom stereocenters. The van der Waals surface area contributed by atoms with Gasteiger partial charge in [-0.3, -0.25) is 14.0 Å². The smallest absolute Gasteiger partial charge is 0.264 e. The molecule has 6 rings (SSSR count). The Morgan fingerprint density at radius 3 is 2.74 bits per heavy atom. The van der Waals surface area contributed by atoms with Crippen LogP contribution in [0, 0.1) is 6.92 Å². The third kappa shape index (κ3) is 4.58. The lowest BCUT2D eigenvalue weighted by Crippen LogP contribution is -2.37. The van der Waals surface area contributed by atoms with Crippen molar-refractivity contribution in [1.29, 1.82) is 0 Å². The average molecular weight is 568 g/mol. The molecule has 3 aromatic carbocycles. The van der Waals surface area contributed by atoms with Gasteiger partial charge in [0.2, 0.25) is 0 Å². The van der Waals surface area contributed by atoms with Gasteiger partial charge in [-0.15, -0.1) is 0 Å². The van der Waals surface area contributed by atoms with E-state index in [9.17, 15) is 13.2 Å². The van der Waals surface area contributed by atoms with Crippen molar-refractivity contribution in [2.75, 3.05) is 28.9 Å². The fourth-order valence-electron chi connectivity index (χ4n) is 5.11. The molecule has 38 heavy (non-hydrogen) atoms. The minimum Gasteiger partial charge on any atom is -0.376 e. The molecule has 1 aromatic heterocycles. The summed E-state index contributed by atoms with van der Waals surface area (Å²) in [6, 6.07) is 17.4. The number of sulfonamides is 1. The highest BCUT2D eigenvalue weighted by molar-refractivity contribution is 7.92. The van der Waals surface area contributed by atoms with Gasteiger partial charge in [0.15, 0.2) is 5.13 Å². The van der Waals surface area contributed by atoms with Crippen LogP contribution in [0.1, 0.15) is 34.3 Å². The summed E-state index contributed by atoms with van der Waals surface area (Å²) in [7, 11) is -3.75. The van der Waals surface area contributed by atoms with Gasteiger partial charge in [0, 0.05) is 23.7 Å². The molecule has 3 heterocycles. The van der Waals surface area contributed by atoms with Crippen molar-refractivity contribution >= 4 is 59.9 Å². The molecule has 4 aromatic rings. The Hall–Kier alpha value is -2.98. The third-order valence-electron chi connectivity index (χ3n) is 7.06. The summed E-state index contributed by atoms with van der Waals surface area (Å²) in [6.07, 6.45) is 2.42. The zero-order chi connectivity index (χ0) is 26.4. The van der Waals surface area contributed by atoms with E-state index in [0.29, 0.717) is 47.5 Å². The minimum atomic E-state index is -3.75. The van der Waals surface area contributed by atoms with Crippen LogP contribution in [0.5, 0.6) is 0 Å². The van der Waals surface area contributed by atoms with Crippen molar-refractivity contribution in [3.8, 4) is 0 Å². The molecule has 0 spiro atoms. The average Bonchev–Trinajstić information content (AvgIpc) is 3.66. The first-order chi connectivity index (χ1) is 18.3. The van der Waals surface area contributed by atoms with E-state index in [-0.39, 0.29) is 16.9 Å². The fourth-order valence-corrected chi connectivity index (χ4v) is 8.04. The predicted molar refractivity (Wildman–Crippen MR) is 151 cm³/mol. The van der Waals surface area contributed by atoms with Crippen molar-refractivity contribution in [2.45, 2.75) is 37.2 Å². The van der Waals surface area contributed by atoms with Crippen molar-refractivity contribution < 1.29 is 17.9 Å². The summed E-state index contributed by atoms with van der Waals surface area (Å²) in [6.45, 7) is 3.39. The Labute approximate surface area is 230 Å². The monoisotopic (exact) mass is 567 g/mol. The molecule has 196 valence electrons. The predicted octanol–water partition coefficient (Wildman–Crippen LogP) is 5.84. The van der Waals surface area contributed by atoms with E-state index >= 15 is 0 Å². The first kappa shape index (κ1) is 25.3. The van der Waals surface area contributed by atoms with Gasteiger partial charge < -0.3 is 4.74 Å². The largest absolute Gasteiger partial charge is 0.376 e. The number of ether oxygens (including phenoxy) is 1. The zero-order valence-corrected chi connectivity index (χ0v) is 23.2. The summed E-state index contributed by atoms with van der Waals surface area (Å²) in [4.78, 5) is 20.4. The van der Waals surface area contributed by atoms with E-state index in [4.69, 9.17) is 21.3 Å². The number of halogens is 1. The topological polar surface area (TPSA) is 79.8 Å². The number of rotatable bonds is 6. The van der Waals surface area contributed by atoms with E-state index in [1.807, 2.05) is 43.3 Å². The van der Waals surface area contributed by atoms with E-state index < -0.39 is 10.0 Å². The summed E-state index contributed by atoms with van der Waals surface area (Å²) in [5.74, 6) is -0.251. The van der Waals surface area contributed by atoms with Crippen LogP contribution < -0.4 is 9.21 Å². The van der Waals surface area contributed by atoms with Crippen LogP contribution in [0.15, 0.2) is 65.6 Å². The third-order valence-corrected chi connectivity index (χ3v) is 10.1. The minimum absolute atomic E-state index is 0.0782. The molecule has 1 amide bonds. The van der Waals surface area contributed by atoms with E-state index in [1.54, 1.807) is 17.0 Å². The quantitative estimate of drug-likeness (QED) is 0.293. The van der Waals surface area contributed by atoms with Crippen molar-refractivity contribution in [3.63, 3.8) is 0 Å². The number of carbonyl (C=O) groups excluding carboxylic acids is 1. The first-order valence-corrected chi connectivity index (χ1v) is 15.2. The number of para-hydroxylation sites is 1. The second-order valence-electron chi connectivity index (χ2n) is 9.60. The Bertz CT molecular complexity index is 1630. The second-order valence-corrected chi connectivity index (χ2v) is 12.9. The van der Waals surface area contributed by atoms with Crippen LogP contribution in [-0.2, 0) is 21.2 Å². The summed E-state index contributed by atoms with van der Waals surface area (Å²) in [5.41, 5.74) is 3.86. The van der Waals surface area contributed by atoms with Gasteiger partial charge in [-0.2, -0.15) is 0 Å². The number of carbonyl (C=O) groups is 1. The van der Waals surface area contributed by atoms with E-state index in [1.165, 1.54) is 27.8 Å². The van der Waals surface area contributed by atoms with Crippen LogP contribution in [-0.4, -0.2) is 45.1 Å². The number of hydrogen-bond donors (Lipinski definition) is 0. The number of aryl methyl sites for hydroxylation is 1. The fraction of sp³-hybridized carbons (Fsp3) is 0.286. The van der Waals surface area contributed by atoms with Crippen LogP contribution in [0.4, 0.5) is 10.8 Å². The van der Waals surface area contributed by atoms with Crippen LogP contribution in [0.25, 0.3) is 10.2 Å². The van der Waals surface area contributed by atoms with E-state index in [2.05, 4.69) is 0 Å². The highest BCUT2D eigenvalue weighted by Crippen LogP contribution is 2.35. The molecule has 0 aliphatic carbocycles. The van der Waals surface area contributed by atoms with Gasteiger partial charge in [0.05, 0.1) is 33.4 Å². The molecule has 0 N–H and O–H groups in total. The Morgan fingerprint density at radius 2 is 1.97 bits per heavy atom. The number of hydrogen-bond acceptors (Lipinski definition) is 6. The number of amides is 1. The molecular weight excluding hydrogens is 542 g/mol. The van der Waals surface area contributed by atoms with Gasteiger partial charge in [-0.1, -0.05) is 41.1 Å². The molecule has 0 saturated carbocycles. The van der Waals surface area contributed by atoms with Crippen LogP contribution in [0.3, 0.4) is 0 Å². The molecule has 1 saturated heterocycles. The van der Waals surface area contributed by atoms with Gasteiger partial charge in [0.1, 0.15) is 0 Å². The normalized spacial score (nSPS) is 17.2. The Kier molecular flexibility index (Phi) is 6.63. The molecule has 1 atom stereocenters. The molecule has 2 aliphatic rings. The van der Waals surface area contributed by atoms with Crippen molar-refractivity contribution in [1.82, 2.24) is 4.98 Å². The van der Waals surface area contributed by atoms with Gasteiger partial charge in [-0.25, -0.2) is 13.4 Å². The first-order valence-electron chi connectivity index (χ1n) is 12.5. The molecule has 2 aliphatic heterocycles. The number of benzene rings is 3. The lowest BCUT2D eigenvalue weighted by molar-refractivity contribution is 0.0917. The van der Waals surface area contributed by atoms with Crippen molar-refractivity contribution in [3.05, 3.63) is 82.4 Å². The van der Waals surface area contributed by atoms with Gasteiger partial charge >= 0.3 is 0 Å². The van der Waals surface area contributed by atoms with Crippen LogP contribution in [0.2, 0.25) is 5.02 Å². The summed E-state index contributed by atoms with van der Waals surface area (Å²) >= 11 is 7.67. The van der Waals surface area contributed by atoms with Crippen molar-refractivity contribution in [2.24, 2.45) is 0 Å².